The molecule has 1 fully saturated rings. The number of halogens is 3. The van der Waals surface area contributed by atoms with Crippen LogP contribution >= 0.6 is 0 Å². The number of rotatable bonds is 3. The highest BCUT2D eigenvalue weighted by atomic mass is 19.4. The first kappa shape index (κ1) is 17.0. The molecule has 0 spiro atoms. The number of hydrogen-bond acceptors (Lipinski definition) is 3. The maximum atomic E-state index is 13.1. The molecule has 1 aliphatic heterocycles. The van der Waals surface area contributed by atoms with Crippen LogP contribution in [0.4, 0.5) is 13.2 Å². The zero-order chi connectivity index (χ0) is 18.2. The predicted octanol–water partition coefficient (Wildman–Crippen LogP) is 2.21. The second-order valence-electron chi connectivity index (χ2n) is 5.79. The van der Waals surface area contributed by atoms with Crippen molar-refractivity contribution < 1.29 is 27.9 Å². The third-order valence-corrected chi connectivity index (χ3v) is 4.24. The van der Waals surface area contributed by atoms with E-state index in [4.69, 9.17) is 5.11 Å². The number of carboxylic acids is 1. The van der Waals surface area contributed by atoms with E-state index in [0.29, 0.717) is 5.69 Å². The van der Waals surface area contributed by atoms with Crippen LogP contribution in [0.3, 0.4) is 0 Å². The van der Waals surface area contributed by atoms with E-state index in [9.17, 15) is 22.8 Å². The van der Waals surface area contributed by atoms with Gasteiger partial charge in [-0.05, 0) is 12.1 Å². The highest BCUT2D eigenvalue weighted by molar-refractivity contribution is 5.93. The number of aromatic nitrogens is 2. The molecule has 0 bridgehead atoms. The fraction of sp³-hybridized carbons (Fsp3) is 0.312. The summed E-state index contributed by atoms with van der Waals surface area (Å²) in [5.74, 6) is -5.99. The molecule has 132 valence electrons. The Morgan fingerprint density at radius 2 is 1.84 bits per heavy atom. The Balaban J connectivity index is 1.88. The molecular weight excluding hydrogens is 339 g/mol. The van der Waals surface area contributed by atoms with Crippen LogP contribution in [0.1, 0.15) is 10.5 Å². The predicted molar refractivity (Wildman–Crippen MR) is 80.1 cm³/mol. The minimum atomic E-state index is -4.68. The molecule has 1 aliphatic rings. The van der Waals surface area contributed by atoms with Crippen LogP contribution in [0.2, 0.25) is 0 Å². The molecule has 0 radical (unpaired) electrons. The van der Waals surface area contributed by atoms with E-state index >= 15 is 0 Å². The van der Waals surface area contributed by atoms with Gasteiger partial charge in [-0.15, -0.1) is 0 Å². The minimum Gasteiger partial charge on any atom is -0.481 e. The molecule has 1 aromatic heterocycles. The summed E-state index contributed by atoms with van der Waals surface area (Å²) in [6, 6.07) is 8.73. The SMILES string of the molecule is O=C(O)[C@@H]1CN(C(=O)c2cncn2-c2ccccc2)C[C@H]1C(F)(F)F. The van der Waals surface area contributed by atoms with Gasteiger partial charge >= 0.3 is 12.1 Å². The second-order valence-corrected chi connectivity index (χ2v) is 5.79. The molecule has 3 rings (SSSR count). The Kier molecular flexibility index (Phi) is 4.23. The number of benzene rings is 1. The minimum absolute atomic E-state index is 0.0816. The van der Waals surface area contributed by atoms with Crippen LogP contribution in [0.5, 0.6) is 0 Å². The standard InChI is InChI=1S/C16H14F3N3O3/c17-16(18,19)12-8-21(7-11(12)15(24)25)14(23)13-6-20-9-22(13)10-4-2-1-3-5-10/h1-6,9,11-12H,7-8H2,(H,24,25)/t11-,12-/m1/s1. The van der Waals surface area contributed by atoms with Crippen LogP contribution in [-0.2, 0) is 4.79 Å². The van der Waals surface area contributed by atoms with Crippen LogP contribution in [0, 0.1) is 11.8 Å². The van der Waals surface area contributed by atoms with Crippen molar-refractivity contribution in [1.29, 1.82) is 0 Å². The summed E-state index contributed by atoms with van der Waals surface area (Å²) in [7, 11) is 0. The maximum absolute atomic E-state index is 13.1. The van der Waals surface area contributed by atoms with Gasteiger partial charge in [0.25, 0.3) is 5.91 Å². The molecule has 6 nitrogen and oxygen atoms in total. The van der Waals surface area contributed by atoms with Gasteiger partial charge in [-0.3, -0.25) is 14.2 Å². The summed E-state index contributed by atoms with van der Waals surface area (Å²) in [6.07, 6.45) is -2.04. The molecule has 2 aromatic rings. The summed E-state index contributed by atoms with van der Waals surface area (Å²) in [4.78, 5) is 28.6. The number of carbonyl (C=O) groups excluding carboxylic acids is 1. The smallest absolute Gasteiger partial charge is 0.394 e. The average molecular weight is 353 g/mol. The third kappa shape index (κ3) is 3.21. The number of para-hydroxylation sites is 1. The number of carbonyl (C=O) groups is 2. The van der Waals surface area contributed by atoms with Gasteiger partial charge in [0.2, 0.25) is 0 Å². The molecule has 1 N–H and O–H groups in total. The topological polar surface area (TPSA) is 75.4 Å². The van der Waals surface area contributed by atoms with E-state index in [2.05, 4.69) is 4.98 Å². The molecule has 0 saturated carbocycles. The van der Waals surface area contributed by atoms with Gasteiger partial charge in [0.15, 0.2) is 0 Å². The zero-order valence-electron chi connectivity index (χ0n) is 12.8. The summed E-state index contributed by atoms with van der Waals surface area (Å²) in [5, 5.41) is 9.05. The lowest BCUT2D eigenvalue weighted by Crippen LogP contribution is -2.34. The van der Waals surface area contributed by atoms with Gasteiger partial charge in [0.05, 0.1) is 24.4 Å². The van der Waals surface area contributed by atoms with Crippen molar-refractivity contribution >= 4 is 11.9 Å². The fourth-order valence-electron chi connectivity index (χ4n) is 2.96. The average Bonchev–Trinajstić information content (AvgIpc) is 3.22. The molecule has 1 aromatic carbocycles. The van der Waals surface area contributed by atoms with Crippen LogP contribution < -0.4 is 0 Å². The van der Waals surface area contributed by atoms with Gasteiger partial charge in [-0.25, -0.2) is 4.98 Å². The molecule has 1 amide bonds. The van der Waals surface area contributed by atoms with E-state index in [-0.39, 0.29) is 5.69 Å². The van der Waals surface area contributed by atoms with Crippen LogP contribution in [-0.4, -0.2) is 50.7 Å². The largest absolute Gasteiger partial charge is 0.481 e. The van der Waals surface area contributed by atoms with E-state index in [0.717, 1.165) is 4.90 Å². The molecule has 2 heterocycles. The summed E-state index contributed by atoms with van der Waals surface area (Å²) in [6.45, 7) is -1.17. The van der Waals surface area contributed by atoms with Crippen molar-refractivity contribution in [3.8, 4) is 5.69 Å². The van der Waals surface area contributed by atoms with E-state index < -0.39 is 43.0 Å². The lowest BCUT2D eigenvalue weighted by Gasteiger charge is -2.18. The van der Waals surface area contributed by atoms with Crippen molar-refractivity contribution in [2.24, 2.45) is 11.8 Å². The fourth-order valence-corrected chi connectivity index (χ4v) is 2.96. The number of aliphatic carboxylic acids is 1. The number of likely N-dealkylation sites (tertiary alicyclic amines) is 1. The first-order valence-corrected chi connectivity index (χ1v) is 7.45. The monoisotopic (exact) mass is 353 g/mol. The molecular formula is C16H14F3N3O3. The van der Waals surface area contributed by atoms with Crippen molar-refractivity contribution in [2.45, 2.75) is 6.18 Å². The Morgan fingerprint density at radius 3 is 2.40 bits per heavy atom. The van der Waals surface area contributed by atoms with E-state index in [1.54, 1.807) is 30.3 Å². The number of nitrogens with zero attached hydrogens (tertiary/aromatic N) is 3. The summed E-state index contributed by atoms with van der Waals surface area (Å²) in [5.41, 5.74) is 0.711. The van der Waals surface area contributed by atoms with Gasteiger partial charge in [0, 0.05) is 18.8 Å². The lowest BCUT2D eigenvalue weighted by molar-refractivity contribution is -0.187. The lowest BCUT2D eigenvalue weighted by atomic mass is 9.96. The number of imidazole rings is 1. The van der Waals surface area contributed by atoms with Crippen molar-refractivity contribution in [1.82, 2.24) is 14.5 Å². The number of hydrogen-bond donors (Lipinski definition) is 1. The van der Waals surface area contributed by atoms with Crippen LogP contribution in [0.25, 0.3) is 5.69 Å². The summed E-state index contributed by atoms with van der Waals surface area (Å²) < 4.78 is 40.7. The second kappa shape index (κ2) is 6.23. The number of carboxylic acid groups (broad SMARTS) is 1. The molecule has 0 aliphatic carbocycles. The van der Waals surface area contributed by atoms with Crippen LogP contribution in [0.15, 0.2) is 42.9 Å². The maximum Gasteiger partial charge on any atom is 0.394 e. The summed E-state index contributed by atoms with van der Waals surface area (Å²) >= 11 is 0. The van der Waals surface area contributed by atoms with E-state index in [1.807, 2.05) is 0 Å². The zero-order valence-corrected chi connectivity index (χ0v) is 12.8. The highest BCUT2D eigenvalue weighted by Crippen LogP contribution is 2.38. The Bertz CT molecular complexity index is 789. The molecule has 1 saturated heterocycles. The number of amides is 1. The first-order valence-electron chi connectivity index (χ1n) is 7.45. The normalized spacial score (nSPS) is 20.7. The van der Waals surface area contributed by atoms with Gasteiger partial charge in [-0.1, -0.05) is 18.2 Å². The number of alkyl halides is 3. The molecule has 2 atom stereocenters. The Morgan fingerprint density at radius 1 is 1.16 bits per heavy atom. The highest BCUT2D eigenvalue weighted by Gasteiger charge is 2.53. The molecule has 9 heteroatoms. The third-order valence-electron chi connectivity index (χ3n) is 4.24. The van der Waals surface area contributed by atoms with Crippen molar-refractivity contribution in [3.05, 3.63) is 48.5 Å². The van der Waals surface area contributed by atoms with Crippen molar-refractivity contribution in [2.75, 3.05) is 13.1 Å². The molecule has 0 unspecified atom stereocenters. The van der Waals surface area contributed by atoms with Crippen molar-refractivity contribution in [3.63, 3.8) is 0 Å². The van der Waals surface area contributed by atoms with Gasteiger partial charge in [0.1, 0.15) is 5.69 Å². The molecule has 25 heavy (non-hydrogen) atoms. The van der Waals surface area contributed by atoms with E-state index in [1.165, 1.54) is 17.1 Å². The Hall–Kier alpha value is -2.84. The van der Waals surface area contributed by atoms with Gasteiger partial charge in [-0.2, -0.15) is 13.2 Å². The Labute approximate surface area is 140 Å². The first-order chi connectivity index (χ1) is 11.8. The quantitative estimate of drug-likeness (QED) is 0.918. The van der Waals surface area contributed by atoms with Gasteiger partial charge < -0.3 is 10.0 Å².